The molecule has 1 N–H and O–H groups in total. The van der Waals surface area contributed by atoms with Crippen molar-refractivity contribution in [3.8, 4) is 0 Å². The Labute approximate surface area is 92.3 Å². The SMILES string of the molecule is c1ccc(Cc2ccc3[nH]nnc3n2)cc1. The van der Waals surface area contributed by atoms with E-state index >= 15 is 0 Å². The summed E-state index contributed by atoms with van der Waals surface area (Å²) >= 11 is 0. The van der Waals surface area contributed by atoms with Crippen LogP contribution in [-0.4, -0.2) is 20.4 Å². The molecule has 2 heterocycles. The second-order valence-electron chi connectivity index (χ2n) is 3.65. The zero-order chi connectivity index (χ0) is 10.8. The predicted octanol–water partition coefficient (Wildman–Crippen LogP) is 1.94. The number of pyridine rings is 1. The normalized spacial score (nSPS) is 10.8. The standard InChI is InChI=1S/C12H10N4/c1-2-4-9(5-3-1)8-10-6-7-11-12(13-10)15-16-14-11/h1-7H,8H2,(H,13,14,15,16). The van der Waals surface area contributed by atoms with E-state index in [2.05, 4.69) is 32.5 Å². The van der Waals surface area contributed by atoms with E-state index in [9.17, 15) is 0 Å². The molecule has 0 fully saturated rings. The lowest BCUT2D eigenvalue weighted by molar-refractivity contribution is 0.952. The Balaban J connectivity index is 1.94. The van der Waals surface area contributed by atoms with Gasteiger partial charge in [-0.05, 0) is 17.7 Å². The summed E-state index contributed by atoms with van der Waals surface area (Å²) in [5.41, 5.74) is 3.80. The lowest BCUT2D eigenvalue weighted by Gasteiger charge is -1.99. The number of nitrogens with one attached hydrogen (secondary N) is 1. The van der Waals surface area contributed by atoms with E-state index in [4.69, 9.17) is 0 Å². The van der Waals surface area contributed by atoms with Gasteiger partial charge >= 0.3 is 0 Å². The Kier molecular flexibility index (Phi) is 2.11. The number of aromatic amines is 1. The molecule has 0 unspecified atom stereocenters. The molecule has 78 valence electrons. The van der Waals surface area contributed by atoms with Crippen molar-refractivity contribution in [2.75, 3.05) is 0 Å². The monoisotopic (exact) mass is 210 g/mol. The zero-order valence-electron chi connectivity index (χ0n) is 8.59. The predicted molar refractivity (Wildman–Crippen MR) is 60.9 cm³/mol. The van der Waals surface area contributed by atoms with Crippen molar-refractivity contribution in [3.63, 3.8) is 0 Å². The van der Waals surface area contributed by atoms with Gasteiger partial charge in [0.1, 0.15) is 5.52 Å². The molecule has 4 heteroatoms. The van der Waals surface area contributed by atoms with E-state index in [-0.39, 0.29) is 0 Å². The van der Waals surface area contributed by atoms with E-state index in [1.54, 1.807) is 0 Å². The molecule has 0 bridgehead atoms. The van der Waals surface area contributed by atoms with Gasteiger partial charge in [-0.2, -0.15) is 0 Å². The highest BCUT2D eigenvalue weighted by Gasteiger charge is 2.01. The molecule has 0 atom stereocenters. The van der Waals surface area contributed by atoms with Crippen LogP contribution in [0.1, 0.15) is 11.3 Å². The van der Waals surface area contributed by atoms with Gasteiger partial charge in [0.25, 0.3) is 0 Å². The summed E-state index contributed by atoms with van der Waals surface area (Å²) in [6.45, 7) is 0. The van der Waals surface area contributed by atoms with Crippen LogP contribution in [0, 0.1) is 0 Å². The summed E-state index contributed by atoms with van der Waals surface area (Å²) in [7, 11) is 0. The Morgan fingerprint density at radius 3 is 2.75 bits per heavy atom. The quantitative estimate of drug-likeness (QED) is 0.703. The molecule has 0 saturated heterocycles. The molecule has 3 aromatic rings. The number of aromatic nitrogens is 4. The molecular formula is C12H10N4. The number of benzene rings is 1. The maximum atomic E-state index is 4.43. The van der Waals surface area contributed by atoms with Gasteiger partial charge in [-0.3, -0.25) is 5.10 Å². The smallest absolute Gasteiger partial charge is 0.201 e. The number of fused-ring (bicyclic) bond motifs is 1. The van der Waals surface area contributed by atoms with Gasteiger partial charge in [-0.15, -0.1) is 5.10 Å². The molecule has 2 aromatic heterocycles. The largest absolute Gasteiger partial charge is 0.256 e. The highest BCUT2D eigenvalue weighted by Crippen LogP contribution is 2.10. The number of H-pyrrole nitrogens is 1. The lowest BCUT2D eigenvalue weighted by Crippen LogP contribution is -1.92. The van der Waals surface area contributed by atoms with Crippen LogP contribution in [0.15, 0.2) is 42.5 Å². The van der Waals surface area contributed by atoms with Crippen LogP contribution in [0.3, 0.4) is 0 Å². The average Bonchev–Trinajstić information content (AvgIpc) is 2.77. The Hall–Kier alpha value is -2.23. The topological polar surface area (TPSA) is 54.5 Å². The van der Waals surface area contributed by atoms with Crippen LogP contribution in [0.5, 0.6) is 0 Å². The van der Waals surface area contributed by atoms with E-state index in [0.717, 1.165) is 17.6 Å². The van der Waals surface area contributed by atoms with Crippen molar-refractivity contribution in [3.05, 3.63) is 53.7 Å². The molecule has 0 aliphatic heterocycles. The summed E-state index contributed by atoms with van der Waals surface area (Å²) in [4.78, 5) is 4.43. The van der Waals surface area contributed by atoms with E-state index < -0.39 is 0 Å². The molecule has 0 saturated carbocycles. The summed E-state index contributed by atoms with van der Waals surface area (Å²) in [6, 6.07) is 14.2. The van der Waals surface area contributed by atoms with E-state index in [1.165, 1.54) is 5.56 Å². The Bertz CT molecular complexity index is 600. The van der Waals surface area contributed by atoms with Crippen LogP contribution in [0.2, 0.25) is 0 Å². The van der Waals surface area contributed by atoms with Crippen LogP contribution in [0.4, 0.5) is 0 Å². The maximum Gasteiger partial charge on any atom is 0.201 e. The number of nitrogens with zero attached hydrogens (tertiary/aromatic N) is 3. The molecule has 1 aromatic carbocycles. The number of hydrogen-bond donors (Lipinski definition) is 1. The highest BCUT2D eigenvalue weighted by molar-refractivity contribution is 5.68. The first-order valence-corrected chi connectivity index (χ1v) is 5.12. The average molecular weight is 210 g/mol. The van der Waals surface area contributed by atoms with Crippen molar-refractivity contribution in [2.45, 2.75) is 6.42 Å². The Morgan fingerprint density at radius 1 is 1.00 bits per heavy atom. The van der Waals surface area contributed by atoms with E-state index in [0.29, 0.717) is 5.65 Å². The van der Waals surface area contributed by atoms with Gasteiger partial charge in [-0.1, -0.05) is 35.5 Å². The molecule has 0 radical (unpaired) electrons. The fourth-order valence-electron chi connectivity index (χ4n) is 1.68. The first kappa shape index (κ1) is 9.03. The lowest BCUT2D eigenvalue weighted by atomic mass is 10.1. The van der Waals surface area contributed by atoms with Crippen LogP contribution >= 0.6 is 0 Å². The number of hydrogen-bond acceptors (Lipinski definition) is 3. The minimum Gasteiger partial charge on any atom is -0.256 e. The summed E-state index contributed by atoms with van der Waals surface area (Å²) < 4.78 is 0. The van der Waals surface area contributed by atoms with Crippen LogP contribution in [-0.2, 0) is 6.42 Å². The molecule has 0 aliphatic rings. The van der Waals surface area contributed by atoms with Gasteiger partial charge in [0.05, 0.1) is 0 Å². The number of rotatable bonds is 2. The molecule has 4 nitrogen and oxygen atoms in total. The van der Waals surface area contributed by atoms with Gasteiger partial charge in [0.2, 0.25) is 5.65 Å². The molecule has 0 amide bonds. The second-order valence-corrected chi connectivity index (χ2v) is 3.65. The summed E-state index contributed by atoms with van der Waals surface area (Å²) in [5, 5.41) is 10.4. The van der Waals surface area contributed by atoms with Crippen molar-refractivity contribution in [1.82, 2.24) is 20.4 Å². The van der Waals surface area contributed by atoms with Gasteiger partial charge < -0.3 is 0 Å². The summed E-state index contributed by atoms with van der Waals surface area (Å²) in [5.74, 6) is 0. The molecule has 16 heavy (non-hydrogen) atoms. The highest BCUT2D eigenvalue weighted by atomic mass is 15.3. The third-order valence-electron chi connectivity index (χ3n) is 2.48. The molecular weight excluding hydrogens is 200 g/mol. The maximum absolute atomic E-state index is 4.43. The van der Waals surface area contributed by atoms with Crippen LogP contribution in [0.25, 0.3) is 11.2 Å². The van der Waals surface area contributed by atoms with Crippen molar-refractivity contribution >= 4 is 11.2 Å². The third kappa shape index (κ3) is 1.65. The van der Waals surface area contributed by atoms with Gasteiger partial charge in [0, 0.05) is 12.1 Å². The fourth-order valence-corrected chi connectivity index (χ4v) is 1.68. The molecule has 0 aliphatic carbocycles. The van der Waals surface area contributed by atoms with Gasteiger partial charge in [-0.25, -0.2) is 4.98 Å². The first-order valence-electron chi connectivity index (χ1n) is 5.12. The first-order chi connectivity index (χ1) is 7.92. The third-order valence-corrected chi connectivity index (χ3v) is 2.48. The fraction of sp³-hybridized carbons (Fsp3) is 0.0833. The van der Waals surface area contributed by atoms with Crippen LogP contribution < -0.4 is 0 Å². The Morgan fingerprint density at radius 2 is 1.88 bits per heavy atom. The zero-order valence-corrected chi connectivity index (χ0v) is 8.59. The van der Waals surface area contributed by atoms with Gasteiger partial charge in [0.15, 0.2) is 0 Å². The second kappa shape index (κ2) is 3.73. The van der Waals surface area contributed by atoms with E-state index in [1.807, 2.05) is 30.3 Å². The minimum absolute atomic E-state index is 0.674. The van der Waals surface area contributed by atoms with Crippen molar-refractivity contribution < 1.29 is 0 Å². The molecule has 3 rings (SSSR count). The van der Waals surface area contributed by atoms with Crippen molar-refractivity contribution in [1.29, 1.82) is 0 Å². The minimum atomic E-state index is 0.674. The van der Waals surface area contributed by atoms with Crippen molar-refractivity contribution in [2.24, 2.45) is 0 Å². The summed E-state index contributed by atoms with van der Waals surface area (Å²) in [6.07, 6.45) is 0.823. The molecule has 0 spiro atoms.